The Morgan fingerprint density at radius 3 is 2.68 bits per heavy atom. The van der Waals surface area contributed by atoms with Gasteiger partial charge in [0, 0.05) is 11.1 Å². The third-order valence-electron chi connectivity index (χ3n) is 5.73. The van der Waals surface area contributed by atoms with Crippen LogP contribution in [-0.2, 0) is 19.2 Å². The molecule has 0 aromatic rings. The molecule has 1 saturated heterocycles. The maximum atomic E-state index is 12.1. The SMILES string of the molecule is CC1=C2CC/C(C)=C/CC[C@]3(C)O[C@H]3CC/C(C)=C/[C@]2(OO)OC1=O. The van der Waals surface area contributed by atoms with Crippen molar-refractivity contribution in [1.29, 1.82) is 0 Å². The van der Waals surface area contributed by atoms with E-state index in [1.54, 1.807) is 13.0 Å². The zero-order valence-electron chi connectivity index (χ0n) is 15.6. The van der Waals surface area contributed by atoms with E-state index in [0.717, 1.165) is 37.7 Å². The van der Waals surface area contributed by atoms with Gasteiger partial charge in [0.1, 0.15) is 0 Å². The minimum atomic E-state index is -1.48. The molecule has 2 aliphatic heterocycles. The van der Waals surface area contributed by atoms with E-state index in [4.69, 9.17) is 14.4 Å². The van der Waals surface area contributed by atoms with Gasteiger partial charge in [0.05, 0.1) is 11.7 Å². The van der Waals surface area contributed by atoms with Crippen LogP contribution in [0.15, 0.2) is 34.4 Å². The lowest BCUT2D eigenvalue weighted by molar-refractivity contribution is -0.355. The van der Waals surface area contributed by atoms with Crippen molar-refractivity contribution in [2.75, 3.05) is 0 Å². The number of esters is 1. The number of hydrogen-bond donors (Lipinski definition) is 1. The molecule has 0 radical (unpaired) electrons. The molecule has 5 heteroatoms. The number of epoxide rings is 1. The van der Waals surface area contributed by atoms with Gasteiger partial charge in [-0.05, 0) is 72.3 Å². The molecule has 0 aromatic carbocycles. The molecule has 2 heterocycles. The highest BCUT2D eigenvalue weighted by Gasteiger charge is 2.51. The molecular weight excluding hydrogens is 320 g/mol. The van der Waals surface area contributed by atoms with E-state index in [1.165, 1.54) is 5.57 Å². The van der Waals surface area contributed by atoms with E-state index >= 15 is 0 Å². The third kappa shape index (κ3) is 3.59. The highest BCUT2D eigenvalue weighted by atomic mass is 17.1. The van der Waals surface area contributed by atoms with Crippen molar-refractivity contribution < 1.29 is 24.4 Å². The molecule has 3 atom stereocenters. The van der Waals surface area contributed by atoms with Gasteiger partial charge in [-0.2, -0.15) is 4.89 Å². The summed E-state index contributed by atoms with van der Waals surface area (Å²) >= 11 is 0. The normalized spacial score (nSPS) is 40.8. The number of carbonyl (C=O) groups is 1. The molecule has 0 saturated carbocycles. The minimum Gasteiger partial charge on any atom is -0.419 e. The molecule has 138 valence electrons. The molecule has 5 nitrogen and oxygen atoms in total. The van der Waals surface area contributed by atoms with Crippen molar-refractivity contribution in [2.45, 2.75) is 83.7 Å². The van der Waals surface area contributed by atoms with Crippen molar-refractivity contribution in [3.63, 3.8) is 0 Å². The summed E-state index contributed by atoms with van der Waals surface area (Å²) < 4.78 is 11.3. The fourth-order valence-corrected chi connectivity index (χ4v) is 3.90. The summed E-state index contributed by atoms with van der Waals surface area (Å²) in [6, 6.07) is 0. The van der Waals surface area contributed by atoms with Crippen LogP contribution in [0, 0.1) is 0 Å². The fourth-order valence-electron chi connectivity index (χ4n) is 3.90. The number of fused-ring (bicyclic) bond motifs is 2. The third-order valence-corrected chi connectivity index (χ3v) is 5.73. The van der Waals surface area contributed by atoms with E-state index < -0.39 is 11.8 Å². The van der Waals surface area contributed by atoms with Gasteiger partial charge in [0.15, 0.2) is 0 Å². The first-order valence-electron chi connectivity index (χ1n) is 9.07. The molecule has 1 N–H and O–H groups in total. The molecule has 1 fully saturated rings. The molecule has 0 spiro atoms. The Balaban J connectivity index is 1.91. The van der Waals surface area contributed by atoms with Crippen molar-refractivity contribution >= 4 is 5.97 Å². The smallest absolute Gasteiger partial charge is 0.337 e. The zero-order valence-corrected chi connectivity index (χ0v) is 15.6. The summed E-state index contributed by atoms with van der Waals surface area (Å²) in [5, 5.41) is 9.58. The van der Waals surface area contributed by atoms with Crippen LogP contribution in [0.25, 0.3) is 0 Å². The van der Waals surface area contributed by atoms with Crippen LogP contribution in [0.5, 0.6) is 0 Å². The maximum Gasteiger partial charge on any atom is 0.337 e. The number of allylic oxidation sites excluding steroid dienone is 3. The summed E-state index contributed by atoms with van der Waals surface area (Å²) in [6.07, 6.45) is 9.39. The Morgan fingerprint density at radius 2 is 1.96 bits per heavy atom. The van der Waals surface area contributed by atoms with Gasteiger partial charge in [-0.25, -0.2) is 10.1 Å². The average Bonchev–Trinajstić information content (AvgIpc) is 3.14. The quantitative estimate of drug-likeness (QED) is 0.249. The van der Waals surface area contributed by atoms with Gasteiger partial charge in [-0.15, -0.1) is 0 Å². The van der Waals surface area contributed by atoms with E-state index in [1.807, 2.05) is 6.92 Å². The molecule has 0 amide bonds. The van der Waals surface area contributed by atoms with E-state index in [2.05, 4.69) is 19.9 Å². The van der Waals surface area contributed by atoms with Gasteiger partial charge in [0.25, 0.3) is 5.79 Å². The van der Waals surface area contributed by atoms with Crippen LogP contribution in [0.3, 0.4) is 0 Å². The monoisotopic (exact) mass is 348 g/mol. The molecule has 0 bridgehead atoms. The molecule has 0 unspecified atom stereocenters. The van der Waals surface area contributed by atoms with Crippen LogP contribution >= 0.6 is 0 Å². The minimum absolute atomic E-state index is 0.0200. The first-order valence-corrected chi connectivity index (χ1v) is 9.07. The topological polar surface area (TPSA) is 68.3 Å². The van der Waals surface area contributed by atoms with Crippen LogP contribution in [-0.4, -0.2) is 28.7 Å². The van der Waals surface area contributed by atoms with Gasteiger partial charge < -0.3 is 9.47 Å². The van der Waals surface area contributed by atoms with Gasteiger partial charge in [0.2, 0.25) is 0 Å². The second kappa shape index (κ2) is 6.71. The predicted octanol–water partition coefficient (Wildman–Crippen LogP) is 4.45. The van der Waals surface area contributed by atoms with Crippen molar-refractivity contribution in [1.82, 2.24) is 0 Å². The van der Waals surface area contributed by atoms with Crippen molar-refractivity contribution in [3.05, 3.63) is 34.4 Å². The Morgan fingerprint density at radius 1 is 1.20 bits per heavy atom. The molecule has 3 rings (SSSR count). The van der Waals surface area contributed by atoms with Crippen LogP contribution < -0.4 is 0 Å². The number of ether oxygens (including phenoxy) is 2. The van der Waals surface area contributed by atoms with Gasteiger partial charge in [-0.1, -0.05) is 17.2 Å². The number of carbonyl (C=O) groups excluding carboxylic acids is 1. The Bertz CT molecular complexity index is 659. The Labute approximate surface area is 149 Å². The number of rotatable bonds is 1. The molecule has 25 heavy (non-hydrogen) atoms. The van der Waals surface area contributed by atoms with Gasteiger partial charge >= 0.3 is 5.97 Å². The first-order chi connectivity index (χ1) is 11.8. The Kier molecular flexibility index (Phi) is 4.93. The van der Waals surface area contributed by atoms with Gasteiger partial charge in [-0.3, -0.25) is 0 Å². The Hall–Kier alpha value is -1.43. The summed E-state index contributed by atoms with van der Waals surface area (Å²) in [5.41, 5.74) is 3.47. The first kappa shape index (κ1) is 18.4. The van der Waals surface area contributed by atoms with Crippen molar-refractivity contribution in [2.24, 2.45) is 0 Å². The average molecular weight is 348 g/mol. The lowest BCUT2D eigenvalue weighted by Crippen LogP contribution is -2.33. The second-order valence-corrected chi connectivity index (χ2v) is 7.79. The lowest BCUT2D eigenvalue weighted by Gasteiger charge is -2.25. The lowest BCUT2D eigenvalue weighted by atomic mass is 9.91. The predicted molar refractivity (Wildman–Crippen MR) is 93.7 cm³/mol. The van der Waals surface area contributed by atoms with E-state index in [9.17, 15) is 10.1 Å². The summed E-state index contributed by atoms with van der Waals surface area (Å²) in [6.45, 7) is 7.96. The molecule has 0 aromatic heterocycles. The maximum absolute atomic E-state index is 12.1. The number of hydrogen-bond acceptors (Lipinski definition) is 5. The van der Waals surface area contributed by atoms with Crippen LogP contribution in [0.2, 0.25) is 0 Å². The standard InChI is InChI=1S/C20H28O5/c1-13-6-5-11-19(4)17(23-19)10-8-14(2)12-20(25-22)16(9-7-13)15(3)18(21)24-20/h6,12,17,22H,5,7-11H2,1-4H3/b13-6+,14-12+/t17-,19-,20+/m0/s1. The van der Waals surface area contributed by atoms with Crippen LogP contribution in [0.4, 0.5) is 0 Å². The summed E-state index contributed by atoms with van der Waals surface area (Å²) in [4.78, 5) is 16.8. The highest BCUT2D eigenvalue weighted by molar-refractivity contribution is 5.92. The van der Waals surface area contributed by atoms with Crippen LogP contribution in [0.1, 0.15) is 66.2 Å². The van der Waals surface area contributed by atoms with Crippen molar-refractivity contribution in [3.8, 4) is 0 Å². The summed E-state index contributed by atoms with van der Waals surface area (Å²) in [7, 11) is 0. The fraction of sp³-hybridized carbons (Fsp3) is 0.650. The summed E-state index contributed by atoms with van der Waals surface area (Å²) in [5.74, 6) is -1.92. The highest BCUT2D eigenvalue weighted by Crippen LogP contribution is 2.45. The zero-order chi connectivity index (χ0) is 18.2. The molecular formula is C20H28O5. The van der Waals surface area contributed by atoms with E-state index in [0.29, 0.717) is 17.6 Å². The second-order valence-electron chi connectivity index (χ2n) is 7.79. The molecule has 3 aliphatic rings. The van der Waals surface area contributed by atoms with E-state index in [-0.39, 0.29) is 11.7 Å². The largest absolute Gasteiger partial charge is 0.419 e. The molecule has 1 aliphatic carbocycles.